The fourth-order valence-corrected chi connectivity index (χ4v) is 5.19. The molecule has 5 heteroatoms. The fourth-order valence-electron chi connectivity index (χ4n) is 5.19. The number of hydrogen-bond acceptors (Lipinski definition) is 3. The van der Waals surface area contributed by atoms with Crippen LogP contribution in [0.5, 0.6) is 0 Å². The highest BCUT2D eigenvalue weighted by atomic mass is 16.5. The van der Waals surface area contributed by atoms with Crippen molar-refractivity contribution in [3.8, 4) is 0 Å². The van der Waals surface area contributed by atoms with Gasteiger partial charge in [0, 0.05) is 42.5 Å². The van der Waals surface area contributed by atoms with E-state index < -0.39 is 0 Å². The lowest BCUT2D eigenvalue weighted by molar-refractivity contribution is -0.141. The third kappa shape index (κ3) is 8.85. The molecule has 0 saturated carbocycles. The van der Waals surface area contributed by atoms with Gasteiger partial charge in [0.1, 0.15) is 0 Å². The predicted molar refractivity (Wildman–Crippen MR) is 158 cm³/mol. The van der Waals surface area contributed by atoms with Gasteiger partial charge in [-0.15, -0.1) is 0 Å². The van der Waals surface area contributed by atoms with Crippen molar-refractivity contribution in [2.45, 2.75) is 70.4 Å². The first-order valence-electron chi connectivity index (χ1n) is 14.1. The molecule has 1 amide bonds. The summed E-state index contributed by atoms with van der Waals surface area (Å²) in [5.74, 6) is -0.194. The molecule has 0 aliphatic heterocycles. The molecule has 3 aromatic carbocycles. The molecular weight excluding hydrogens is 484 g/mol. The third-order valence-electron chi connectivity index (χ3n) is 7.28. The molecule has 4 rings (SSSR count). The Bertz CT molecular complexity index is 1310. The molecule has 0 aliphatic carbocycles. The van der Waals surface area contributed by atoms with E-state index in [4.69, 9.17) is 4.74 Å². The molecule has 1 aromatic heterocycles. The lowest BCUT2D eigenvalue weighted by Gasteiger charge is -2.18. The van der Waals surface area contributed by atoms with Gasteiger partial charge in [-0.3, -0.25) is 9.59 Å². The van der Waals surface area contributed by atoms with Crippen molar-refractivity contribution in [2.24, 2.45) is 0 Å². The second kappa shape index (κ2) is 14.9. The number of carbonyl (C=O) groups is 2. The van der Waals surface area contributed by atoms with Gasteiger partial charge < -0.3 is 14.6 Å². The highest BCUT2D eigenvalue weighted by molar-refractivity contribution is 5.84. The van der Waals surface area contributed by atoms with E-state index in [-0.39, 0.29) is 24.3 Å². The standard InChI is InChI=1S/C34H40N2O3/c1-39-34(38)23-22-30(35-33(37)21-11-3-2-6-14-27-15-7-4-8-16-27)24-29-26-36(25-28-17-9-5-10-18-28)32-20-13-12-19-31(29)32/h4-5,7-10,12-13,15-20,26,30H,2-3,6,11,14,21-25H2,1H3,(H,35,37). The summed E-state index contributed by atoms with van der Waals surface area (Å²) in [6, 6.07) is 29.2. The second-order valence-corrected chi connectivity index (χ2v) is 10.3. The van der Waals surface area contributed by atoms with E-state index in [0.717, 1.165) is 38.6 Å². The topological polar surface area (TPSA) is 60.3 Å². The molecule has 1 atom stereocenters. The predicted octanol–water partition coefficient (Wildman–Crippen LogP) is 6.86. The zero-order valence-corrected chi connectivity index (χ0v) is 23.0. The number of unbranched alkanes of at least 4 members (excludes halogenated alkanes) is 3. The van der Waals surface area contributed by atoms with Crippen LogP contribution in [0.25, 0.3) is 10.9 Å². The van der Waals surface area contributed by atoms with Gasteiger partial charge >= 0.3 is 5.97 Å². The molecule has 204 valence electrons. The number of nitrogens with one attached hydrogen (secondary N) is 1. The minimum atomic E-state index is -0.251. The average Bonchev–Trinajstić information content (AvgIpc) is 3.31. The number of amides is 1. The molecule has 0 bridgehead atoms. The quantitative estimate of drug-likeness (QED) is 0.136. The zero-order chi connectivity index (χ0) is 27.3. The number of methoxy groups -OCH3 is 1. The van der Waals surface area contributed by atoms with Gasteiger partial charge in [0.2, 0.25) is 5.91 Å². The zero-order valence-electron chi connectivity index (χ0n) is 23.0. The Labute approximate surface area is 232 Å². The summed E-state index contributed by atoms with van der Waals surface area (Å²) < 4.78 is 7.15. The minimum Gasteiger partial charge on any atom is -0.469 e. The number of rotatable bonds is 15. The Kier molecular flexibility index (Phi) is 10.8. The van der Waals surface area contributed by atoms with Gasteiger partial charge in [-0.2, -0.15) is 0 Å². The number of ether oxygens (including phenoxy) is 1. The van der Waals surface area contributed by atoms with Gasteiger partial charge in [-0.1, -0.05) is 91.7 Å². The van der Waals surface area contributed by atoms with Crippen LogP contribution in [-0.2, 0) is 33.7 Å². The van der Waals surface area contributed by atoms with Gasteiger partial charge in [-0.05, 0) is 54.9 Å². The minimum absolute atomic E-state index is 0.0564. The van der Waals surface area contributed by atoms with Crippen LogP contribution in [0.1, 0.15) is 61.6 Å². The van der Waals surface area contributed by atoms with Gasteiger partial charge in [0.05, 0.1) is 7.11 Å². The normalized spacial score (nSPS) is 11.8. The molecule has 0 fully saturated rings. The average molecular weight is 525 g/mol. The molecule has 1 N–H and O–H groups in total. The number of aromatic nitrogens is 1. The van der Waals surface area contributed by atoms with Gasteiger partial charge in [0.25, 0.3) is 0 Å². The van der Waals surface area contributed by atoms with Gasteiger partial charge in [-0.25, -0.2) is 0 Å². The van der Waals surface area contributed by atoms with E-state index in [1.807, 2.05) is 12.1 Å². The molecule has 0 spiro atoms. The maximum absolute atomic E-state index is 12.9. The Morgan fingerprint density at radius 1 is 0.795 bits per heavy atom. The number of aryl methyl sites for hydroxylation is 1. The van der Waals surface area contributed by atoms with Crippen LogP contribution in [-0.4, -0.2) is 29.6 Å². The number of fused-ring (bicyclic) bond motifs is 1. The van der Waals surface area contributed by atoms with E-state index in [1.165, 1.54) is 34.7 Å². The summed E-state index contributed by atoms with van der Waals surface area (Å²) in [7, 11) is 1.41. The van der Waals surface area contributed by atoms with Crippen LogP contribution in [0, 0.1) is 0 Å². The van der Waals surface area contributed by atoms with E-state index >= 15 is 0 Å². The molecule has 0 radical (unpaired) electrons. The number of carbonyl (C=O) groups excluding carboxylic acids is 2. The molecule has 4 aromatic rings. The molecule has 0 aliphatic rings. The van der Waals surface area contributed by atoms with Crippen LogP contribution in [0.2, 0.25) is 0 Å². The molecular formula is C34H40N2O3. The molecule has 1 unspecified atom stereocenters. The summed E-state index contributed by atoms with van der Waals surface area (Å²) >= 11 is 0. The summed E-state index contributed by atoms with van der Waals surface area (Å²) in [4.78, 5) is 24.8. The SMILES string of the molecule is COC(=O)CCC(Cc1cn(Cc2ccccc2)c2ccccc12)NC(=O)CCCCCCc1ccccc1. The second-order valence-electron chi connectivity index (χ2n) is 10.3. The smallest absolute Gasteiger partial charge is 0.305 e. The number of para-hydroxylation sites is 1. The third-order valence-corrected chi connectivity index (χ3v) is 7.28. The molecule has 5 nitrogen and oxygen atoms in total. The van der Waals surface area contributed by atoms with Gasteiger partial charge in [0.15, 0.2) is 0 Å². The first-order valence-corrected chi connectivity index (χ1v) is 14.1. The van der Waals surface area contributed by atoms with Crippen molar-refractivity contribution in [1.29, 1.82) is 0 Å². The highest BCUT2D eigenvalue weighted by Gasteiger charge is 2.18. The maximum atomic E-state index is 12.9. The summed E-state index contributed by atoms with van der Waals surface area (Å²) in [5.41, 5.74) is 4.96. The van der Waals surface area contributed by atoms with E-state index in [2.05, 4.69) is 88.9 Å². The molecule has 39 heavy (non-hydrogen) atoms. The Hall–Kier alpha value is -3.86. The lowest BCUT2D eigenvalue weighted by Crippen LogP contribution is -2.36. The Balaban J connectivity index is 1.35. The van der Waals surface area contributed by atoms with Crippen molar-refractivity contribution in [3.05, 3.63) is 108 Å². The molecule has 0 saturated heterocycles. The van der Waals surface area contributed by atoms with Crippen molar-refractivity contribution in [2.75, 3.05) is 7.11 Å². The number of esters is 1. The lowest BCUT2D eigenvalue weighted by atomic mass is 10.0. The Morgan fingerprint density at radius 2 is 1.46 bits per heavy atom. The first-order chi connectivity index (χ1) is 19.1. The summed E-state index contributed by atoms with van der Waals surface area (Å²) in [5, 5.41) is 4.41. The van der Waals surface area contributed by atoms with Crippen LogP contribution in [0.3, 0.4) is 0 Å². The van der Waals surface area contributed by atoms with E-state index in [1.54, 1.807) is 0 Å². The van der Waals surface area contributed by atoms with Crippen LogP contribution in [0.15, 0.2) is 91.1 Å². The fraction of sp³-hybridized carbons (Fsp3) is 0.353. The van der Waals surface area contributed by atoms with Crippen molar-refractivity contribution in [1.82, 2.24) is 9.88 Å². The van der Waals surface area contributed by atoms with Crippen LogP contribution in [0.4, 0.5) is 0 Å². The van der Waals surface area contributed by atoms with Crippen LogP contribution < -0.4 is 5.32 Å². The first kappa shape index (κ1) is 28.2. The number of hydrogen-bond donors (Lipinski definition) is 1. The van der Waals surface area contributed by atoms with E-state index in [0.29, 0.717) is 19.3 Å². The number of benzene rings is 3. The van der Waals surface area contributed by atoms with Crippen molar-refractivity contribution >= 4 is 22.8 Å². The summed E-state index contributed by atoms with van der Waals surface area (Å²) in [6.45, 7) is 0.783. The van der Waals surface area contributed by atoms with E-state index in [9.17, 15) is 9.59 Å². The monoisotopic (exact) mass is 524 g/mol. The van der Waals surface area contributed by atoms with Crippen LogP contribution >= 0.6 is 0 Å². The van der Waals surface area contributed by atoms with Crippen molar-refractivity contribution in [3.63, 3.8) is 0 Å². The largest absolute Gasteiger partial charge is 0.469 e. The highest BCUT2D eigenvalue weighted by Crippen LogP contribution is 2.24. The number of nitrogens with zero attached hydrogens (tertiary/aromatic N) is 1. The molecule has 1 heterocycles. The summed E-state index contributed by atoms with van der Waals surface area (Å²) in [6.07, 6.45) is 9.47. The maximum Gasteiger partial charge on any atom is 0.305 e. The van der Waals surface area contributed by atoms with Crippen molar-refractivity contribution < 1.29 is 14.3 Å². The Morgan fingerprint density at radius 3 is 2.21 bits per heavy atom.